The standard InChI is InChI=1S/C22H22FN5O2S/c1-15-10-16(14-28(15)31(29,30)19-4-2-18(23)3-5-19)13-27-9-8-21-22(27)7-6-20(26-21)17-11-24-25-12-17/h2-9,11-12,15-16H,10,13-14H2,1H3,(H,24,25)/t15-,16-/m0/s1. The van der Waals surface area contributed by atoms with Gasteiger partial charge in [0.15, 0.2) is 0 Å². The summed E-state index contributed by atoms with van der Waals surface area (Å²) in [7, 11) is -3.65. The second kappa shape index (κ2) is 7.58. The van der Waals surface area contributed by atoms with Gasteiger partial charge in [0.2, 0.25) is 10.0 Å². The van der Waals surface area contributed by atoms with Gasteiger partial charge in [-0.15, -0.1) is 0 Å². The van der Waals surface area contributed by atoms with Crippen LogP contribution < -0.4 is 0 Å². The molecule has 4 heterocycles. The van der Waals surface area contributed by atoms with Gasteiger partial charge in [-0.1, -0.05) is 0 Å². The molecule has 5 rings (SSSR count). The van der Waals surface area contributed by atoms with Crippen molar-refractivity contribution in [3.63, 3.8) is 0 Å². The number of benzene rings is 1. The fraction of sp³-hybridized carbons (Fsp3) is 0.273. The molecule has 0 radical (unpaired) electrons. The predicted octanol–water partition coefficient (Wildman–Crippen LogP) is 3.66. The molecule has 160 valence electrons. The van der Waals surface area contributed by atoms with E-state index in [0.29, 0.717) is 13.1 Å². The maximum Gasteiger partial charge on any atom is 0.243 e. The Morgan fingerprint density at radius 1 is 1.16 bits per heavy atom. The van der Waals surface area contributed by atoms with Gasteiger partial charge in [0.1, 0.15) is 5.82 Å². The molecule has 7 nitrogen and oxygen atoms in total. The van der Waals surface area contributed by atoms with Crippen LogP contribution >= 0.6 is 0 Å². The Balaban J connectivity index is 1.35. The van der Waals surface area contributed by atoms with Crippen LogP contribution in [0.15, 0.2) is 66.0 Å². The molecule has 1 aliphatic heterocycles. The topological polar surface area (TPSA) is 83.9 Å². The number of rotatable bonds is 5. The minimum absolute atomic E-state index is 0.118. The largest absolute Gasteiger partial charge is 0.346 e. The fourth-order valence-electron chi connectivity index (χ4n) is 4.38. The van der Waals surface area contributed by atoms with E-state index in [1.807, 2.05) is 31.3 Å². The van der Waals surface area contributed by atoms with Crippen LogP contribution in [0.2, 0.25) is 0 Å². The summed E-state index contributed by atoms with van der Waals surface area (Å²) in [6, 6.07) is 10.9. The molecule has 0 saturated carbocycles. The summed E-state index contributed by atoms with van der Waals surface area (Å²) in [6.45, 7) is 3.06. The second-order valence-electron chi connectivity index (χ2n) is 8.04. The lowest BCUT2D eigenvalue weighted by atomic mass is 10.1. The highest BCUT2D eigenvalue weighted by atomic mass is 32.2. The van der Waals surface area contributed by atoms with Crippen molar-refractivity contribution in [2.75, 3.05) is 6.54 Å². The first-order chi connectivity index (χ1) is 14.9. The molecule has 2 atom stereocenters. The molecular formula is C22H22FN5O2S. The minimum atomic E-state index is -3.65. The summed E-state index contributed by atoms with van der Waals surface area (Å²) in [5.74, 6) is -0.273. The van der Waals surface area contributed by atoms with E-state index in [4.69, 9.17) is 4.98 Å². The summed E-state index contributed by atoms with van der Waals surface area (Å²) in [5, 5.41) is 6.77. The quantitative estimate of drug-likeness (QED) is 0.514. The Kier molecular flexibility index (Phi) is 4.86. The molecule has 31 heavy (non-hydrogen) atoms. The Hall–Kier alpha value is -3.04. The van der Waals surface area contributed by atoms with Crippen molar-refractivity contribution in [1.29, 1.82) is 0 Å². The van der Waals surface area contributed by atoms with Crippen LogP contribution in [0, 0.1) is 11.7 Å². The number of hydrogen-bond donors (Lipinski definition) is 1. The molecule has 3 aromatic heterocycles. The van der Waals surface area contributed by atoms with Gasteiger partial charge in [0, 0.05) is 37.1 Å². The Morgan fingerprint density at radius 2 is 1.97 bits per heavy atom. The van der Waals surface area contributed by atoms with Gasteiger partial charge in [-0.05, 0) is 61.7 Å². The monoisotopic (exact) mass is 439 g/mol. The van der Waals surface area contributed by atoms with Crippen molar-refractivity contribution in [3.8, 4) is 11.3 Å². The van der Waals surface area contributed by atoms with Gasteiger partial charge < -0.3 is 4.57 Å². The van der Waals surface area contributed by atoms with Gasteiger partial charge in [0.05, 0.1) is 27.8 Å². The maximum absolute atomic E-state index is 13.2. The molecular weight excluding hydrogens is 417 g/mol. The van der Waals surface area contributed by atoms with Crippen molar-refractivity contribution < 1.29 is 12.8 Å². The predicted molar refractivity (Wildman–Crippen MR) is 115 cm³/mol. The molecule has 1 N–H and O–H groups in total. The first-order valence-electron chi connectivity index (χ1n) is 10.1. The van der Waals surface area contributed by atoms with Crippen molar-refractivity contribution in [2.45, 2.75) is 30.8 Å². The zero-order chi connectivity index (χ0) is 21.6. The third-order valence-electron chi connectivity index (χ3n) is 5.90. The molecule has 1 aromatic carbocycles. The molecule has 9 heteroatoms. The number of H-pyrrole nitrogens is 1. The first kappa shape index (κ1) is 19.9. The normalized spacial score (nSPS) is 19.9. The Labute approximate surface area is 179 Å². The second-order valence-corrected chi connectivity index (χ2v) is 9.93. The summed E-state index contributed by atoms with van der Waals surface area (Å²) in [5.41, 5.74) is 3.69. The Bertz CT molecular complexity index is 1320. The van der Waals surface area contributed by atoms with E-state index in [1.165, 1.54) is 28.6 Å². The van der Waals surface area contributed by atoms with E-state index in [9.17, 15) is 12.8 Å². The smallest absolute Gasteiger partial charge is 0.243 e. The van der Waals surface area contributed by atoms with Gasteiger partial charge in [-0.25, -0.2) is 17.8 Å². The molecule has 4 aromatic rings. The van der Waals surface area contributed by atoms with Gasteiger partial charge in [0.25, 0.3) is 0 Å². The summed E-state index contributed by atoms with van der Waals surface area (Å²) in [4.78, 5) is 4.84. The molecule has 0 bridgehead atoms. The van der Waals surface area contributed by atoms with Crippen LogP contribution in [-0.2, 0) is 16.6 Å². The number of aromatic nitrogens is 4. The average molecular weight is 440 g/mol. The zero-order valence-corrected chi connectivity index (χ0v) is 17.8. The highest BCUT2D eigenvalue weighted by Gasteiger charge is 2.38. The Morgan fingerprint density at radius 3 is 2.71 bits per heavy atom. The highest BCUT2D eigenvalue weighted by Crippen LogP contribution is 2.31. The van der Waals surface area contributed by atoms with Gasteiger partial charge in [-0.2, -0.15) is 9.40 Å². The van der Waals surface area contributed by atoms with Crippen molar-refractivity contribution in [2.24, 2.45) is 5.92 Å². The highest BCUT2D eigenvalue weighted by molar-refractivity contribution is 7.89. The number of nitrogens with one attached hydrogen (secondary N) is 1. The van der Waals surface area contributed by atoms with E-state index in [2.05, 4.69) is 14.8 Å². The van der Waals surface area contributed by atoms with E-state index in [1.54, 1.807) is 12.4 Å². The number of halogens is 1. The van der Waals surface area contributed by atoms with Gasteiger partial charge in [-0.3, -0.25) is 5.10 Å². The third-order valence-corrected chi connectivity index (χ3v) is 7.89. The first-order valence-corrected chi connectivity index (χ1v) is 11.6. The maximum atomic E-state index is 13.2. The molecule has 0 amide bonds. The number of aromatic amines is 1. The van der Waals surface area contributed by atoms with Crippen LogP contribution in [0.1, 0.15) is 13.3 Å². The SMILES string of the molecule is C[C@H]1C[C@@H](Cn2ccc3nc(-c4cn[nH]c4)ccc32)CN1S(=O)(=O)c1ccc(F)cc1. The number of pyridine rings is 1. The zero-order valence-electron chi connectivity index (χ0n) is 16.9. The number of hydrogen-bond acceptors (Lipinski definition) is 4. The molecule has 1 saturated heterocycles. The number of nitrogens with zero attached hydrogens (tertiary/aromatic N) is 4. The summed E-state index contributed by atoms with van der Waals surface area (Å²) < 4.78 is 43.0. The number of fused-ring (bicyclic) bond motifs is 1. The van der Waals surface area contributed by atoms with E-state index in [0.717, 1.165) is 28.7 Å². The van der Waals surface area contributed by atoms with E-state index >= 15 is 0 Å². The van der Waals surface area contributed by atoms with Crippen LogP contribution in [0.5, 0.6) is 0 Å². The molecule has 0 spiro atoms. The molecule has 1 fully saturated rings. The third kappa shape index (κ3) is 3.64. The lowest BCUT2D eigenvalue weighted by molar-refractivity contribution is 0.399. The lowest BCUT2D eigenvalue weighted by Gasteiger charge is -2.21. The van der Waals surface area contributed by atoms with Gasteiger partial charge >= 0.3 is 0 Å². The molecule has 0 unspecified atom stereocenters. The summed E-state index contributed by atoms with van der Waals surface area (Å²) >= 11 is 0. The van der Waals surface area contributed by atoms with Crippen molar-refractivity contribution >= 4 is 21.1 Å². The summed E-state index contributed by atoms with van der Waals surface area (Å²) in [6.07, 6.45) is 6.31. The van der Waals surface area contributed by atoms with Crippen LogP contribution in [0.3, 0.4) is 0 Å². The van der Waals surface area contributed by atoms with E-state index in [-0.39, 0.29) is 16.9 Å². The molecule has 0 aliphatic carbocycles. The minimum Gasteiger partial charge on any atom is -0.346 e. The number of sulfonamides is 1. The van der Waals surface area contributed by atoms with Crippen LogP contribution in [0.4, 0.5) is 4.39 Å². The van der Waals surface area contributed by atoms with Crippen LogP contribution in [-0.4, -0.2) is 45.1 Å². The van der Waals surface area contributed by atoms with Crippen molar-refractivity contribution in [3.05, 3.63) is 66.9 Å². The van der Waals surface area contributed by atoms with E-state index < -0.39 is 15.8 Å². The fourth-order valence-corrected chi connectivity index (χ4v) is 6.10. The lowest BCUT2D eigenvalue weighted by Crippen LogP contribution is -2.34. The molecule has 1 aliphatic rings. The average Bonchev–Trinajstić information content (AvgIpc) is 3.49. The van der Waals surface area contributed by atoms with Crippen molar-refractivity contribution in [1.82, 2.24) is 24.1 Å². The van der Waals surface area contributed by atoms with Crippen LogP contribution in [0.25, 0.3) is 22.3 Å².